The maximum atomic E-state index is 10.6. The topological polar surface area (TPSA) is 77.8 Å². The van der Waals surface area contributed by atoms with Crippen molar-refractivity contribution >= 4 is 17.7 Å². The van der Waals surface area contributed by atoms with E-state index in [1.165, 1.54) is 0 Å². The Labute approximate surface area is 100 Å². The van der Waals surface area contributed by atoms with Crippen LogP contribution in [0, 0.1) is 0 Å². The number of carbonyl (C=O) groups is 1. The van der Waals surface area contributed by atoms with Gasteiger partial charge >= 0.3 is 27.7 Å². The van der Waals surface area contributed by atoms with E-state index in [1.807, 2.05) is 0 Å². The normalized spacial score (nSPS) is 8.92. The summed E-state index contributed by atoms with van der Waals surface area (Å²) in [6, 6.07) is 1.98. The summed E-state index contributed by atoms with van der Waals surface area (Å²) in [4.78, 5) is 10.6. The average Bonchev–Trinajstić information content (AvgIpc) is 1.99. The summed E-state index contributed by atoms with van der Waals surface area (Å²) in [5, 5.41) is 26.0. The number of phenols is 3. The molecule has 1 aromatic carbocycles. The molecule has 3 N–H and O–H groups in total. The van der Waals surface area contributed by atoms with Crippen LogP contribution in [-0.4, -0.2) is 20.4 Å². The van der Waals surface area contributed by atoms with Crippen molar-refractivity contribution in [2.75, 3.05) is 0 Å². The van der Waals surface area contributed by atoms with Gasteiger partial charge in [-0.1, -0.05) is 0 Å². The maximum absolute atomic E-state index is 10.6. The summed E-state index contributed by atoms with van der Waals surface area (Å²) in [6.45, 7) is 0. The van der Waals surface area contributed by atoms with Crippen LogP contribution in [0.4, 0.5) is 0 Å². The molecule has 0 spiro atoms. The zero-order valence-electron chi connectivity index (χ0n) is 6.52. The van der Waals surface area contributed by atoms with Crippen LogP contribution in [0.2, 0.25) is 0 Å². The molecule has 0 aliphatic rings. The van der Waals surface area contributed by atoms with E-state index in [0.29, 0.717) is 0 Å². The van der Waals surface area contributed by atoms with Gasteiger partial charge < -0.3 is 32.7 Å². The molecule has 0 aromatic heterocycles. The smallest absolute Gasteiger partial charge is 0.737 e. The third kappa shape index (κ3) is 2.70. The Kier molecular flexibility index (Phi) is 4.42. The second-order valence-corrected chi connectivity index (χ2v) is 2.52. The Morgan fingerprint density at radius 2 is 1.54 bits per heavy atom. The molecular formula is C7H5HgO4S. The molecule has 0 atom stereocenters. The molecule has 1 rings (SSSR count). The zero-order valence-corrected chi connectivity index (χ0v) is 12.8. The molecule has 65 valence electrons. The van der Waals surface area contributed by atoms with Crippen LogP contribution in [0.1, 0.15) is 10.4 Å². The van der Waals surface area contributed by atoms with Crippen LogP contribution in [0.15, 0.2) is 12.1 Å². The van der Waals surface area contributed by atoms with Gasteiger partial charge in [0, 0.05) is 10.7 Å². The maximum Gasteiger partial charge on any atom is 1.00 e. The van der Waals surface area contributed by atoms with E-state index in [-0.39, 0.29) is 33.2 Å². The van der Waals surface area contributed by atoms with E-state index >= 15 is 0 Å². The van der Waals surface area contributed by atoms with Crippen molar-refractivity contribution in [3.8, 4) is 17.2 Å². The van der Waals surface area contributed by atoms with Crippen molar-refractivity contribution in [3.05, 3.63) is 17.7 Å². The predicted molar refractivity (Wildman–Crippen MR) is 43.1 cm³/mol. The van der Waals surface area contributed by atoms with Gasteiger partial charge in [0.25, 0.3) is 0 Å². The minimum Gasteiger partial charge on any atom is -0.737 e. The summed E-state index contributed by atoms with van der Waals surface area (Å²) in [5.74, 6) is -1.79. The van der Waals surface area contributed by atoms with Crippen molar-refractivity contribution in [1.82, 2.24) is 0 Å². The molecule has 0 aliphatic heterocycles. The van der Waals surface area contributed by atoms with E-state index in [2.05, 4.69) is 12.6 Å². The number of carbonyl (C=O) groups excluding carboxylic acids is 1. The van der Waals surface area contributed by atoms with Crippen molar-refractivity contribution < 1.29 is 47.8 Å². The summed E-state index contributed by atoms with van der Waals surface area (Å²) >= 11 is 4.27. The molecule has 0 heterocycles. The quantitative estimate of drug-likeness (QED) is 0.372. The fourth-order valence-corrected chi connectivity index (χ4v) is 0.840. The minimum absolute atomic E-state index is 0. The van der Waals surface area contributed by atoms with Crippen LogP contribution in [0.5, 0.6) is 17.2 Å². The molecule has 4 nitrogen and oxygen atoms in total. The third-order valence-electron chi connectivity index (χ3n) is 1.31. The zero-order chi connectivity index (χ0) is 9.30. The Balaban J connectivity index is 0.00000144. The number of aromatic hydroxyl groups is 3. The summed E-state index contributed by atoms with van der Waals surface area (Å²) < 4.78 is 0. The van der Waals surface area contributed by atoms with Gasteiger partial charge in [0.15, 0.2) is 17.2 Å². The largest absolute Gasteiger partial charge is 1.00 e. The predicted octanol–water partition coefficient (Wildman–Crippen LogP) is 0.488. The van der Waals surface area contributed by atoms with Gasteiger partial charge in [0.2, 0.25) is 0 Å². The third-order valence-corrected chi connectivity index (χ3v) is 1.54. The molecule has 1 aromatic rings. The van der Waals surface area contributed by atoms with Crippen LogP contribution in [-0.2, 0) is 40.3 Å². The van der Waals surface area contributed by atoms with Gasteiger partial charge in [0.1, 0.15) is 0 Å². The molecule has 0 fully saturated rings. The standard InChI is InChI=1S/C7H6O4S.Hg/c8-4-1-3(7(11)12)2-5(9)6(4)10;/h1-2,8-10H,(H,11,12);/q;+1/p-1. The fourth-order valence-electron chi connectivity index (χ4n) is 0.722. The van der Waals surface area contributed by atoms with Crippen LogP contribution in [0.25, 0.3) is 0 Å². The van der Waals surface area contributed by atoms with Gasteiger partial charge in [-0.25, -0.2) is 0 Å². The molecule has 1 radical (unpaired) electrons. The number of rotatable bonds is 1. The minimum atomic E-state index is -0.708. The molecule has 13 heavy (non-hydrogen) atoms. The summed E-state index contributed by atoms with van der Waals surface area (Å²) in [7, 11) is 0. The average molecular weight is 386 g/mol. The second-order valence-electron chi connectivity index (χ2n) is 2.15. The monoisotopic (exact) mass is 387 g/mol. The Morgan fingerprint density at radius 1 is 1.15 bits per heavy atom. The first-order valence-corrected chi connectivity index (χ1v) is 3.39. The van der Waals surface area contributed by atoms with Crippen molar-refractivity contribution in [3.63, 3.8) is 0 Å². The number of hydrogen-bond donors (Lipinski definition) is 3. The summed E-state index contributed by atoms with van der Waals surface area (Å²) in [6.07, 6.45) is 0. The first-order valence-electron chi connectivity index (χ1n) is 2.98. The SMILES string of the molecule is O=C([S-])c1cc(O)c(O)c(O)c1.[Hg+]. The first kappa shape index (κ1) is 12.4. The molecule has 0 bridgehead atoms. The summed E-state index contributed by atoms with van der Waals surface area (Å²) in [5.41, 5.74) is -0.0298. The van der Waals surface area contributed by atoms with E-state index in [1.54, 1.807) is 0 Å². The van der Waals surface area contributed by atoms with Crippen LogP contribution in [0.3, 0.4) is 0 Å². The van der Waals surface area contributed by atoms with E-state index in [4.69, 9.17) is 15.3 Å². The van der Waals surface area contributed by atoms with Gasteiger partial charge in [-0.05, 0) is 12.1 Å². The Morgan fingerprint density at radius 3 is 1.85 bits per heavy atom. The first-order chi connectivity index (χ1) is 5.52. The fraction of sp³-hybridized carbons (Fsp3) is 0. The molecule has 0 saturated heterocycles. The van der Waals surface area contributed by atoms with Crippen molar-refractivity contribution in [1.29, 1.82) is 0 Å². The van der Waals surface area contributed by atoms with Crippen molar-refractivity contribution in [2.24, 2.45) is 0 Å². The second kappa shape index (κ2) is 4.62. The molecule has 6 heteroatoms. The molecule has 0 aliphatic carbocycles. The molecule has 0 unspecified atom stereocenters. The van der Waals surface area contributed by atoms with E-state index in [9.17, 15) is 4.79 Å². The van der Waals surface area contributed by atoms with Gasteiger partial charge in [-0.15, -0.1) is 0 Å². The van der Waals surface area contributed by atoms with Crippen molar-refractivity contribution in [2.45, 2.75) is 0 Å². The van der Waals surface area contributed by atoms with E-state index < -0.39 is 22.4 Å². The number of phenolic OH excluding ortho intramolecular Hbond substituents is 3. The van der Waals surface area contributed by atoms with Crippen LogP contribution < -0.4 is 0 Å². The Hall–Kier alpha value is -0.555. The van der Waals surface area contributed by atoms with E-state index in [0.717, 1.165) is 12.1 Å². The van der Waals surface area contributed by atoms with Crippen LogP contribution >= 0.6 is 0 Å². The molecule has 0 saturated carbocycles. The molecule has 0 amide bonds. The van der Waals surface area contributed by atoms with Gasteiger partial charge in [-0.2, -0.15) is 0 Å². The van der Waals surface area contributed by atoms with Gasteiger partial charge in [0.05, 0.1) is 0 Å². The van der Waals surface area contributed by atoms with Gasteiger partial charge in [-0.3, -0.25) is 0 Å². The Bertz CT molecular complexity index is 316. The number of benzene rings is 1. The number of hydrogen-bond acceptors (Lipinski definition) is 5. The molecular weight excluding hydrogens is 381 g/mol.